The van der Waals surface area contributed by atoms with Crippen LogP contribution >= 0.6 is 0 Å². The number of rotatable bonds is 8. The van der Waals surface area contributed by atoms with E-state index in [0.717, 1.165) is 41.7 Å². The first-order chi connectivity index (χ1) is 12.1. The predicted octanol–water partition coefficient (Wildman–Crippen LogP) is 3.20. The lowest BCUT2D eigenvalue weighted by molar-refractivity contribution is -0.104. The minimum Gasteiger partial charge on any atom is -0.499 e. The average Bonchev–Trinajstić information content (AvgIpc) is 2.78. The number of nitrogens with two attached hydrogens (primary N) is 1. The molecule has 0 aliphatic heterocycles. The van der Waals surface area contributed by atoms with Crippen molar-refractivity contribution >= 4 is 6.29 Å². The van der Waals surface area contributed by atoms with Gasteiger partial charge in [0.25, 0.3) is 0 Å². The fraction of sp³-hybridized carbons (Fsp3) is 0.450. The van der Waals surface area contributed by atoms with Crippen molar-refractivity contribution in [3.63, 3.8) is 0 Å². The van der Waals surface area contributed by atoms with Crippen LogP contribution in [0.3, 0.4) is 0 Å². The molecule has 0 amide bonds. The van der Waals surface area contributed by atoms with E-state index in [1.165, 1.54) is 5.57 Å². The maximum atomic E-state index is 10.8. The molecule has 0 saturated heterocycles. The van der Waals surface area contributed by atoms with E-state index in [-0.39, 0.29) is 5.70 Å². The van der Waals surface area contributed by atoms with Gasteiger partial charge in [-0.1, -0.05) is 12.2 Å². The summed E-state index contributed by atoms with van der Waals surface area (Å²) in [5, 5.41) is 0. The Morgan fingerprint density at radius 1 is 1.20 bits per heavy atom. The minimum absolute atomic E-state index is 0.193. The van der Waals surface area contributed by atoms with Gasteiger partial charge in [0.2, 0.25) is 0 Å². The quantitative estimate of drug-likeness (QED) is 0.415. The second kappa shape index (κ2) is 11.4. The molecule has 25 heavy (non-hydrogen) atoms. The molecule has 5 nitrogen and oxygen atoms in total. The van der Waals surface area contributed by atoms with Gasteiger partial charge in [-0.3, -0.25) is 4.79 Å². The number of carbonyl (C=O) groups excluding carboxylic acids is 1. The molecule has 0 heterocycles. The molecule has 0 aromatic heterocycles. The van der Waals surface area contributed by atoms with Crippen LogP contribution in [-0.2, 0) is 19.0 Å². The predicted molar refractivity (Wildman–Crippen MR) is 99.9 cm³/mol. The first-order valence-corrected chi connectivity index (χ1v) is 8.34. The summed E-state index contributed by atoms with van der Waals surface area (Å²) in [6, 6.07) is 0. The van der Waals surface area contributed by atoms with Crippen LogP contribution in [-0.4, -0.2) is 40.8 Å². The van der Waals surface area contributed by atoms with Gasteiger partial charge in [0.15, 0.2) is 6.29 Å². The Morgan fingerprint density at radius 2 is 1.96 bits per heavy atom. The van der Waals surface area contributed by atoms with E-state index in [1.807, 2.05) is 19.1 Å². The highest BCUT2D eigenvalue weighted by Gasteiger charge is 2.18. The van der Waals surface area contributed by atoms with Gasteiger partial charge in [0.05, 0.1) is 19.4 Å². The lowest BCUT2D eigenvalue weighted by atomic mass is 9.94. The number of aldehydes is 1. The van der Waals surface area contributed by atoms with Gasteiger partial charge in [-0.2, -0.15) is 0 Å². The summed E-state index contributed by atoms with van der Waals surface area (Å²) in [5.74, 6) is 0.761. The summed E-state index contributed by atoms with van der Waals surface area (Å²) >= 11 is 0. The van der Waals surface area contributed by atoms with Crippen molar-refractivity contribution in [1.29, 1.82) is 0 Å². The Hall–Kier alpha value is -2.11. The van der Waals surface area contributed by atoms with Crippen molar-refractivity contribution in [3.8, 4) is 0 Å². The van der Waals surface area contributed by atoms with Crippen molar-refractivity contribution in [1.82, 2.24) is 0 Å². The number of carbonyl (C=O) groups is 1. The van der Waals surface area contributed by atoms with E-state index in [4.69, 9.17) is 19.9 Å². The standard InChI is InChI=1S/C20H29NO4/c1-5-15-7-6-8-16(11-18(25-4)13-23-2)20(14-24-3)19(15)10-9-17(21)12-22/h5,9-12H,6-8,13-14,21H2,1-4H3/b15-5-,17-9+,18-11+,19-10+. The monoisotopic (exact) mass is 347 g/mol. The summed E-state index contributed by atoms with van der Waals surface area (Å²) in [6.07, 6.45) is 11.2. The molecule has 138 valence electrons. The summed E-state index contributed by atoms with van der Waals surface area (Å²) < 4.78 is 16.1. The van der Waals surface area contributed by atoms with Crippen LogP contribution in [0.1, 0.15) is 26.2 Å². The van der Waals surface area contributed by atoms with Crippen LogP contribution < -0.4 is 5.73 Å². The molecule has 0 fully saturated rings. The summed E-state index contributed by atoms with van der Waals surface area (Å²) in [7, 11) is 4.95. The van der Waals surface area contributed by atoms with Crippen LogP contribution in [0.25, 0.3) is 0 Å². The summed E-state index contributed by atoms with van der Waals surface area (Å²) in [6.45, 7) is 2.90. The Kier molecular flexibility index (Phi) is 9.58. The van der Waals surface area contributed by atoms with Crippen molar-refractivity contribution in [3.05, 3.63) is 58.1 Å². The highest BCUT2D eigenvalue weighted by atomic mass is 16.5. The Morgan fingerprint density at radius 3 is 2.52 bits per heavy atom. The molecule has 0 aromatic rings. The molecule has 1 aliphatic carbocycles. The van der Waals surface area contributed by atoms with E-state index in [0.29, 0.717) is 19.5 Å². The first kappa shape index (κ1) is 20.9. The number of methoxy groups -OCH3 is 3. The molecule has 0 saturated carbocycles. The van der Waals surface area contributed by atoms with Crippen LogP contribution in [0.15, 0.2) is 58.1 Å². The molecule has 1 rings (SSSR count). The number of ether oxygens (including phenoxy) is 3. The van der Waals surface area contributed by atoms with E-state index >= 15 is 0 Å². The molecule has 0 spiro atoms. The molecular weight excluding hydrogens is 318 g/mol. The van der Waals surface area contributed by atoms with Crippen molar-refractivity contribution in [2.75, 3.05) is 34.5 Å². The topological polar surface area (TPSA) is 70.8 Å². The SMILES string of the molecule is C/C=C1CCCC(/C=C(\COC)OC)=C(COC)C/1=C/C=C(/N)C=O. The highest BCUT2D eigenvalue weighted by molar-refractivity contribution is 5.72. The zero-order valence-electron chi connectivity index (χ0n) is 15.6. The number of allylic oxidation sites excluding steroid dienone is 7. The third kappa shape index (κ3) is 6.36. The van der Waals surface area contributed by atoms with E-state index in [2.05, 4.69) is 6.08 Å². The van der Waals surface area contributed by atoms with Gasteiger partial charge < -0.3 is 19.9 Å². The zero-order valence-corrected chi connectivity index (χ0v) is 15.6. The van der Waals surface area contributed by atoms with Crippen LogP contribution in [0.4, 0.5) is 0 Å². The van der Waals surface area contributed by atoms with Gasteiger partial charge in [-0.15, -0.1) is 0 Å². The second-order valence-corrected chi connectivity index (χ2v) is 5.72. The largest absolute Gasteiger partial charge is 0.499 e. The van der Waals surface area contributed by atoms with Crippen LogP contribution in [0.5, 0.6) is 0 Å². The van der Waals surface area contributed by atoms with Crippen molar-refractivity contribution in [2.24, 2.45) is 5.73 Å². The van der Waals surface area contributed by atoms with Crippen molar-refractivity contribution in [2.45, 2.75) is 26.2 Å². The third-order valence-corrected chi connectivity index (χ3v) is 4.05. The van der Waals surface area contributed by atoms with Gasteiger partial charge >= 0.3 is 0 Å². The Bertz CT molecular complexity index is 609. The van der Waals surface area contributed by atoms with Crippen LogP contribution in [0, 0.1) is 0 Å². The second-order valence-electron chi connectivity index (χ2n) is 5.72. The molecular formula is C20H29NO4. The van der Waals surface area contributed by atoms with Gasteiger partial charge in [0, 0.05) is 14.2 Å². The summed E-state index contributed by atoms with van der Waals surface area (Å²) in [4.78, 5) is 10.8. The van der Waals surface area contributed by atoms with Gasteiger partial charge in [-0.25, -0.2) is 0 Å². The lowest BCUT2D eigenvalue weighted by Gasteiger charge is -2.15. The Labute approximate surface area is 150 Å². The average molecular weight is 347 g/mol. The van der Waals surface area contributed by atoms with E-state index in [9.17, 15) is 4.79 Å². The highest BCUT2D eigenvalue weighted by Crippen LogP contribution is 2.34. The lowest BCUT2D eigenvalue weighted by Crippen LogP contribution is -2.05. The summed E-state index contributed by atoms with van der Waals surface area (Å²) in [5.41, 5.74) is 10.3. The fourth-order valence-electron chi connectivity index (χ4n) is 2.82. The molecule has 0 atom stereocenters. The maximum absolute atomic E-state index is 10.8. The zero-order chi connectivity index (χ0) is 18.7. The van der Waals surface area contributed by atoms with Gasteiger partial charge in [0.1, 0.15) is 12.4 Å². The van der Waals surface area contributed by atoms with E-state index in [1.54, 1.807) is 27.4 Å². The molecule has 2 N–H and O–H groups in total. The maximum Gasteiger partial charge on any atom is 0.165 e. The molecule has 5 heteroatoms. The first-order valence-electron chi connectivity index (χ1n) is 8.34. The molecule has 0 aromatic carbocycles. The van der Waals surface area contributed by atoms with Crippen LogP contribution in [0.2, 0.25) is 0 Å². The fourth-order valence-corrected chi connectivity index (χ4v) is 2.82. The van der Waals surface area contributed by atoms with Crippen molar-refractivity contribution < 1.29 is 19.0 Å². The third-order valence-electron chi connectivity index (χ3n) is 4.05. The smallest absolute Gasteiger partial charge is 0.165 e. The van der Waals surface area contributed by atoms with E-state index < -0.39 is 0 Å². The number of hydrogen-bond donors (Lipinski definition) is 1. The van der Waals surface area contributed by atoms with Gasteiger partial charge in [-0.05, 0) is 60.6 Å². The molecule has 0 radical (unpaired) electrons. The normalized spacial score (nSPS) is 20.2. The minimum atomic E-state index is 0.193. The molecule has 0 unspecified atom stereocenters. The number of hydrogen-bond acceptors (Lipinski definition) is 5. The molecule has 1 aliphatic rings. The molecule has 0 bridgehead atoms. The Balaban J connectivity index is 3.52.